The lowest BCUT2D eigenvalue weighted by Gasteiger charge is -2.04. The molecule has 0 amide bonds. The zero-order valence-corrected chi connectivity index (χ0v) is 10.6. The van der Waals surface area contributed by atoms with E-state index in [-0.39, 0.29) is 6.61 Å². The second-order valence-corrected chi connectivity index (χ2v) is 4.99. The van der Waals surface area contributed by atoms with Crippen molar-refractivity contribution in [1.29, 1.82) is 0 Å². The minimum absolute atomic E-state index is 0.0163. The van der Waals surface area contributed by atoms with E-state index in [1.54, 1.807) is 6.20 Å². The molecule has 0 radical (unpaired) electrons. The molecule has 2 aromatic rings. The number of thioether (sulfide) groups is 1. The lowest BCUT2D eigenvalue weighted by molar-refractivity contribution is 0.277. The Kier molecular flexibility index (Phi) is 4.18. The summed E-state index contributed by atoms with van der Waals surface area (Å²) in [7, 11) is 0. The van der Waals surface area contributed by atoms with E-state index in [4.69, 9.17) is 5.11 Å². The zero-order valence-electron chi connectivity index (χ0n) is 9.76. The van der Waals surface area contributed by atoms with Gasteiger partial charge in [-0.1, -0.05) is 19.1 Å². The first-order chi connectivity index (χ1) is 8.33. The summed E-state index contributed by atoms with van der Waals surface area (Å²) in [5, 5.41) is 9.06. The van der Waals surface area contributed by atoms with Crippen LogP contribution in [-0.4, -0.2) is 15.8 Å². The van der Waals surface area contributed by atoms with Crippen LogP contribution in [0.4, 0.5) is 0 Å². The predicted octanol–water partition coefficient (Wildman–Crippen LogP) is 3.35. The summed E-state index contributed by atoms with van der Waals surface area (Å²) in [6.45, 7) is 2.13. The van der Waals surface area contributed by atoms with E-state index in [9.17, 15) is 0 Å². The summed E-state index contributed by atoms with van der Waals surface area (Å²) < 4.78 is 0. The molecule has 2 nitrogen and oxygen atoms in total. The smallest absolute Gasteiger partial charge is 0.0853 e. The van der Waals surface area contributed by atoms with Crippen LogP contribution in [0.25, 0.3) is 11.1 Å². The van der Waals surface area contributed by atoms with Crippen LogP contribution in [0.1, 0.15) is 12.6 Å². The number of nitrogens with zero attached hydrogens (tertiary/aromatic N) is 1. The Balaban J connectivity index is 2.26. The highest BCUT2D eigenvalue weighted by molar-refractivity contribution is 7.99. The van der Waals surface area contributed by atoms with E-state index in [1.807, 2.05) is 23.9 Å². The van der Waals surface area contributed by atoms with Gasteiger partial charge in [-0.3, -0.25) is 4.98 Å². The van der Waals surface area contributed by atoms with Crippen LogP contribution >= 0.6 is 11.8 Å². The molecule has 88 valence electrons. The molecule has 0 saturated heterocycles. The molecule has 0 bridgehead atoms. The zero-order chi connectivity index (χ0) is 12.1. The number of aliphatic hydroxyl groups is 1. The fraction of sp³-hybridized carbons (Fsp3) is 0.214. The summed E-state index contributed by atoms with van der Waals surface area (Å²) in [5.41, 5.74) is 2.95. The number of hydrogen-bond donors (Lipinski definition) is 1. The van der Waals surface area contributed by atoms with Gasteiger partial charge in [0.25, 0.3) is 0 Å². The van der Waals surface area contributed by atoms with Crippen LogP contribution in [0.5, 0.6) is 0 Å². The van der Waals surface area contributed by atoms with Crippen LogP contribution in [0.2, 0.25) is 0 Å². The highest BCUT2D eigenvalue weighted by Crippen LogP contribution is 2.24. The molecule has 1 heterocycles. The summed E-state index contributed by atoms with van der Waals surface area (Å²) in [6.07, 6.45) is 1.73. The van der Waals surface area contributed by atoms with Crippen LogP contribution in [0.3, 0.4) is 0 Å². The minimum Gasteiger partial charge on any atom is -0.390 e. The van der Waals surface area contributed by atoms with Crippen LogP contribution in [-0.2, 0) is 6.61 Å². The van der Waals surface area contributed by atoms with E-state index < -0.39 is 0 Å². The number of aromatic nitrogens is 1. The summed E-state index contributed by atoms with van der Waals surface area (Å²) >= 11 is 1.83. The van der Waals surface area contributed by atoms with Gasteiger partial charge in [0.05, 0.1) is 12.3 Å². The van der Waals surface area contributed by atoms with Gasteiger partial charge < -0.3 is 5.11 Å². The maximum atomic E-state index is 9.06. The molecular weight excluding hydrogens is 230 g/mol. The van der Waals surface area contributed by atoms with E-state index in [2.05, 4.69) is 36.2 Å². The fourth-order valence-electron chi connectivity index (χ4n) is 1.65. The van der Waals surface area contributed by atoms with E-state index >= 15 is 0 Å². The van der Waals surface area contributed by atoms with Gasteiger partial charge in [0.2, 0.25) is 0 Å². The number of benzene rings is 1. The van der Waals surface area contributed by atoms with Gasteiger partial charge in [-0.05, 0) is 41.1 Å². The van der Waals surface area contributed by atoms with Gasteiger partial charge in [0.15, 0.2) is 0 Å². The van der Waals surface area contributed by atoms with Gasteiger partial charge in [-0.25, -0.2) is 0 Å². The van der Waals surface area contributed by atoms with Crippen molar-refractivity contribution >= 4 is 11.8 Å². The maximum Gasteiger partial charge on any atom is 0.0853 e. The molecule has 2 rings (SSSR count). The lowest BCUT2D eigenvalue weighted by Crippen LogP contribution is -1.89. The number of aliphatic hydroxyl groups excluding tert-OH is 1. The van der Waals surface area contributed by atoms with Gasteiger partial charge in [-0.15, -0.1) is 11.8 Å². The van der Waals surface area contributed by atoms with E-state index in [0.717, 1.165) is 16.9 Å². The topological polar surface area (TPSA) is 33.1 Å². The Bertz CT molecular complexity index is 482. The molecule has 0 saturated carbocycles. The Morgan fingerprint density at radius 2 is 1.88 bits per heavy atom. The predicted molar refractivity (Wildman–Crippen MR) is 72.0 cm³/mol. The molecule has 0 spiro atoms. The van der Waals surface area contributed by atoms with Crippen molar-refractivity contribution < 1.29 is 5.11 Å². The van der Waals surface area contributed by atoms with Crippen LogP contribution < -0.4 is 0 Å². The maximum absolute atomic E-state index is 9.06. The third kappa shape index (κ3) is 3.08. The lowest BCUT2D eigenvalue weighted by atomic mass is 10.1. The highest BCUT2D eigenvalue weighted by atomic mass is 32.2. The van der Waals surface area contributed by atoms with Gasteiger partial charge in [0.1, 0.15) is 0 Å². The number of hydrogen-bond acceptors (Lipinski definition) is 3. The van der Waals surface area contributed by atoms with Crippen molar-refractivity contribution in [3.05, 3.63) is 48.3 Å². The second-order valence-electron chi connectivity index (χ2n) is 3.65. The summed E-state index contributed by atoms with van der Waals surface area (Å²) in [6, 6.07) is 12.3. The van der Waals surface area contributed by atoms with Crippen molar-refractivity contribution in [3.8, 4) is 11.1 Å². The van der Waals surface area contributed by atoms with Gasteiger partial charge in [-0.2, -0.15) is 0 Å². The van der Waals surface area contributed by atoms with Crippen molar-refractivity contribution in [2.24, 2.45) is 0 Å². The molecular formula is C14H15NOS. The Labute approximate surface area is 106 Å². The quantitative estimate of drug-likeness (QED) is 0.838. The number of rotatable bonds is 4. The molecule has 17 heavy (non-hydrogen) atoms. The van der Waals surface area contributed by atoms with E-state index in [0.29, 0.717) is 5.69 Å². The highest BCUT2D eigenvalue weighted by Gasteiger charge is 2.00. The van der Waals surface area contributed by atoms with Crippen molar-refractivity contribution in [2.75, 3.05) is 5.75 Å². The first kappa shape index (κ1) is 12.1. The number of pyridine rings is 1. The second kappa shape index (κ2) is 5.84. The summed E-state index contributed by atoms with van der Waals surface area (Å²) in [4.78, 5) is 5.36. The van der Waals surface area contributed by atoms with Crippen molar-refractivity contribution in [3.63, 3.8) is 0 Å². The molecule has 1 aromatic carbocycles. The Hall–Kier alpha value is -1.32. The van der Waals surface area contributed by atoms with Gasteiger partial charge >= 0.3 is 0 Å². The SMILES string of the molecule is CCSc1ccc(-c2ccnc(CO)c2)cc1. The van der Waals surface area contributed by atoms with E-state index in [1.165, 1.54) is 4.90 Å². The van der Waals surface area contributed by atoms with Crippen LogP contribution in [0.15, 0.2) is 47.5 Å². The third-order valence-corrected chi connectivity index (χ3v) is 3.37. The average molecular weight is 245 g/mol. The third-order valence-electron chi connectivity index (χ3n) is 2.48. The Morgan fingerprint density at radius 3 is 2.53 bits per heavy atom. The molecule has 3 heteroatoms. The molecule has 0 unspecified atom stereocenters. The molecule has 0 aliphatic heterocycles. The molecule has 0 aliphatic carbocycles. The fourth-order valence-corrected chi connectivity index (χ4v) is 2.32. The first-order valence-electron chi connectivity index (χ1n) is 5.62. The van der Waals surface area contributed by atoms with Crippen LogP contribution in [0, 0.1) is 0 Å². The standard InChI is InChI=1S/C14H15NOS/c1-2-17-14-5-3-11(4-6-14)12-7-8-15-13(9-12)10-16/h3-9,16H,2,10H2,1H3. The first-order valence-corrected chi connectivity index (χ1v) is 6.61. The average Bonchev–Trinajstić information content (AvgIpc) is 2.40. The molecule has 0 aliphatic rings. The monoisotopic (exact) mass is 245 g/mol. The Morgan fingerprint density at radius 1 is 1.12 bits per heavy atom. The van der Waals surface area contributed by atoms with Crippen molar-refractivity contribution in [2.45, 2.75) is 18.4 Å². The summed E-state index contributed by atoms with van der Waals surface area (Å²) in [5.74, 6) is 1.09. The molecule has 1 N–H and O–H groups in total. The molecule has 0 atom stereocenters. The largest absolute Gasteiger partial charge is 0.390 e. The molecule has 0 fully saturated rings. The normalized spacial score (nSPS) is 10.5. The van der Waals surface area contributed by atoms with Crippen molar-refractivity contribution in [1.82, 2.24) is 4.98 Å². The van der Waals surface area contributed by atoms with Gasteiger partial charge in [0, 0.05) is 11.1 Å². The minimum atomic E-state index is -0.0163. The molecule has 1 aromatic heterocycles.